The molecule has 0 atom stereocenters. The van der Waals surface area contributed by atoms with E-state index in [1.54, 1.807) is 0 Å². The molecule has 0 aromatic heterocycles. The van der Waals surface area contributed by atoms with E-state index in [0.29, 0.717) is 11.5 Å². The van der Waals surface area contributed by atoms with E-state index < -0.39 is 0 Å². The Bertz CT molecular complexity index is 459. The summed E-state index contributed by atoms with van der Waals surface area (Å²) in [4.78, 5) is 0. The zero-order valence-corrected chi connectivity index (χ0v) is 11.1. The van der Waals surface area contributed by atoms with Crippen LogP contribution in [-0.4, -0.2) is 12.6 Å². The molecule has 0 spiro atoms. The summed E-state index contributed by atoms with van der Waals surface area (Å²) in [6, 6.07) is 10.7. The van der Waals surface area contributed by atoms with E-state index in [0.717, 1.165) is 12.6 Å². The zero-order chi connectivity index (χ0) is 13.0. The van der Waals surface area contributed by atoms with E-state index in [-0.39, 0.29) is 0 Å². The van der Waals surface area contributed by atoms with Crippen molar-refractivity contribution in [3.05, 3.63) is 41.0 Å². The number of hydrogen-bond donors (Lipinski definition) is 1. The fraction of sp³-hybridized carbons (Fsp3) is 0.438. The van der Waals surface area contributed by atoms with Gasteiger partial charge in [0, 0.05) is 12.6 Å². The minimum atomic E-state index is 0.548. The van der Waals surface area contributed by atoms with Crippen molar-refractivity contribution in [2.45, 2.75) is 32.7 Å². The standard InChI is InChI=1S/C16H20N2/c1-12(2)15(11-18-16-7-8-16)9-13-3-5-14(10-17)6-4-13/h3-6,9,12,16,18H,7-8,11H2,1-2H3. The molecule has 18 heavy (non-hydrogen) atoms. The number of rotatable bonds is 5. The molecule has 1 aromatic rings. The van der Waals surface area contributed by atoms with Gasteiger partial charge >= 0.3 is 0 Å². The Balaban J connectivity index is 2.06. The molecule has 0 heterocycles. The van der Waals surface area contributed by atoms with Crippen molar-refractivity contribution in [2.75, 3.05) is 6.54 Å². The van der Waals surface area contributed by atoms with Crippen LogP contribution in [0.1, 0.15) is 37.8 Å². The van der Waals surface area contributed by atoms with Crippen molar-refractivity contribution in [2.24, 2.45) is 5.92 Å². The van der Waals surface area contributed by atoms with Gasteiger partial charge in [-0.05, 0) is 36.5 Å². The Hall–Kier alpha value is -1.59. The van der Waals surface area contributed by atoms with Crippen LogP contribution in [0.25, 0.3) is 6.08 Å². The van der Waals surface area contributed by atoms with E-state index >= 15 is 0 Å². The SMILES string of the molecule is CC(C)C(=Cc1ccc(C#N)cc1)CNC1CC1. The third kappa shape index (κ3) is 3.72. The molecule has 1 aliphatic carbocycles. The molecule has 0 radical (unpaired) electrons. The Labute approximate surface area is 109 Å². The minimum absolute atomic E-state index is 0.548. The highest BCUT2D eigenvalue weighted by molar-refractivity contribution is 5.55. The smallest absolute Gasteiger partial charge is 0.0991 e. The van der Waals surface area contributed by atoms with Crippen molar-refractivity contribution in [3.8, 4) is 6.07 Å². The van der Waals surface area contributed by atoms with E-state index in [2.05, 4.69) is 31.3 Å². The average molecular weight is 240 g/mol. The van der Waals surface area contributed by atoms with Crippen LogP contribution in [0.4, 0.5) is 0 Å². The third-order valence-corrected chi connectivity index (χ3v) is 3.31. The van der Waals surface area contributed by atoms with Gasteiger partial charge in [-0.25, -0.2) is 0 Å². The van der Waals surface area contributed by atoms with Crippen LogP contribution < -0.4 is 5.32 Å². The van der Waals surface area contributed by atoms with Crippen LogP contribution in [0, 0.1) is 17.2 Å². The second kappa shape index (κ2) is 5.84. The summed E-state index contributed by atoms with van der Waals surface area (Å²) in [5.41, 5.74) is 3.32. The number of nitriles is 1. The maximum atomic E-state index is 8.78. The molecule has 2 nitrogen and oxygen atoms in total. The van der Waals surface area contributed by atoms with E-state index in [4.69, 9.17) is 5.26 Å². The predicted molar refractivity (Wildman–Crippen MR) is 75.0 cm³/mol. The summed E-state index contributed by atoms with van der Waals surface area (Å²) in [6.45, 7) is 5.43. The largest absolute Gasteiger partial charge is 0.310 e. The molecule has 0 bridgehead atoms. The number of nitrogens with zero attached hydrogens (tertiary/aromatic N) is 1. The van der Waals surface area contributed by atoms with E-state index in [1.165, 1.54) is 24.0 Å². The molecular formula is C16H20N2. The maximum Gasteiger partial charge on any atom is 0.0991 e. The number of benzene rings is 1. The first-order valence-corrected chi connectivity index (χ1v) is 6.63. The van der Waals surface area contributed by atoms with Crippen molar-refractivity contribution in [3.63, 3.8) is 0 Å². The summed E-state index contributed by atoms with van der Waals surface area (Å²) in [5.74, 6) is 0.548. The van der Waals surface area contributed by atoms with Crippen LogP contribution in [0.15, 0.2) is 29.8 Å². The van der Waals surface area contributed by atoms with Gasteiger partial charge in [0.05, 0.1) is 11.6 Å². The topological polar surface area (TPSA) is 35.8 Å². The lowest BCUT2D eigenvalue weighted by atomic mass is 10.00. The Morgan fingerprint density at radius 3 is 2.56 bits per heavy atom. The lowest BCUT2D eigenvalue weighted by Crippen LogP contribution is -2.21. The van der Waals surface area contributed by atoms with Crippen LogP contribution >= 0.6 is 0 Å². The second-order valence-corrected chi connectivity index (χ2v) is 5.26. The first-order valence-electron chi connectivity index (χ1n) is 6.63. The Morgan fingerprint density at radius 2 is 2.06 bits per heavy atom. The quantitative estimate of drug-likeness (QED) is 0.856. The molecule has 0 amide bonds. The zero-order valence-electron chi connectivity index (χ0n) is 11.1. The highest BCUT2D eigenvalue weighted by Crippen LogP contribution is 2.21. The Kier molecular flexibility index (Phi) is 4.17. The van der Waals surface area contributed by atoms with Gasteiger partial charge in [-0.1, -0.05) is 37.6 Å². The molecule has 2 heteroatoms. The normalized spacial score (nSPS) is 15.8. The lowest BCUT2D eigenvalue weighted by molar-refractivity contribution is 0.662. The first kappa shape index (κ1) is 12.9. The van der Waals surface area contributed by atoms with Gasteiger partial charge in [0.15, 0.2) is 0 Å². The fourth-order valence-electron chi connectivity index (χ4n) is 1.84. The van der Waals surface area contributed by atoms with Crippen molar-refractivity contribution in [1.82, 2.24) is 5.32 Å². The van der Waals surface area contributed by atoms with Crippen LogP contribution in [0.5, 0.6) is 0 Å². The number of hydrogen-bond acceptors (Lipinski definition) is 2. The fourth-order valence-corrected chi connectivity index (χ4v) is 1.84. The molecule has 0 saturated heterocycles. The molecular weight excluding hydrogens is 220 g/mol. The highest BCUT2D eigenvalue weighted by atomic mass is 14.9. The van der Waals surface area contributed by atoms with Crippen molar-refractivity contribution < 1.29 is 0 Å². The molecule has 1 saturated carbocycles. The molecule has 1 aromatic carbocycles. The van der Waals surface area contributed by atoms with Gasteiger partial charge in [-0.15, -0.1) is 0 Å². The summed E-state index contributed by atoms with van der Waals surface area (Å²) in [5, 5.41) is 12.3. The number of nitrogens with one attached hydrogen (secondary N) is 1. The van der Waals surface area contributed by atoms with Crippen molar-refractivity contribution >= 4 is 6.08 Å². The van der Waals surface area contributed by atoms with Crippen LogP contribution in [0.2, 0.25) is 0 Å². The first-order chi connectivity index (χ1) is 8.69. The van der Waals surface area contributed by atoms with Gasteiger partial charge in [0.2, 0.25) is 0 Å². The summed E-state index contributed by atoms with van der Waals surface area (Å²) < 4.78 is 0. The summed E-state index contributed by atoms with van der Waals surface area (Å²) >= 11 is 0. The predicted octanol–water partition coefficient (Wildman–Crippen LogP) is 3.35. The van der Waals surface area contributed by atoms with E-state index in [9.17, 15) is 0 Å². The highest BCUT2D eigenvalue weighted by Gasteiger charge is 2.20. The molecule has 94 valence electrons. The maximum absolute atomic E-state index is 8.78. The van der Waals surface area contributed by atoms with Gasteiger partial charge in [0.25, 0.3) is 0 Å². The molecule has 1 aliphatic rings. The molecule has 2 rings (SSSR count). The van der Waals surface area contributed by atoms with Gasteiger partial charge < -0.3 is 5.32 Å². The molecule has 0 aliphatic heterocycles. The molecule has 0 unspecified atom stereocenters. The Morgan fingerprint density at radius 1 is 1.39 bits per heavy atom. The van der Waals surface area contributed by atoms with E-state index in [1.807, 2.05) is 24.3 Å². The minimum Gasteiger partial charge on any atom is -0.310 e. The summed E-state index contributed by atoms with van der Waals surface area (Å²) in [6.07, 6.45) is 4.88. The monoisotopic (exact) mass is 240 g/mol. The third-order valence-electron chi connectivity index (χ3n) is 3.31. The lowest BCUT2D eigenvalue weighted by Gasteiger charge is -2.12. The second-order valence-electron chi connectivity index (χ2n) is 5.26. The van der Waals surface area contributed by atoms with Crippen molar-refractivity contribution in [1.29, 1.82) is 5.26 Å². The van der Waals surface area contributed by atoms with Gasteiger partial charge in [0.1, 0.15) is 0 Å². The van der Waals surface area contributed by atoms with Crippen LogP contribution in [0.3, 0.4) is 0 Å². The van der Waals surface area contributed by atoms with Crippen LogP contribution in [-0.2, 0) is 0 Å². The van der Waals surface area contributed by atoms with Gasteiger partial charge in [-0.2, -0.15) is 5.26 Å². The average Bonchev–Trinajstić information content (AvgIpc) is 3.19. The van der Waals surface area contributed by atoms with Gasteiger partial charge in [-0.3, -0.25) is 0 Å². The summed E-state index contributed by atoms with van der Waals surface area (Å²) in [7, 11) is 0. The molecule has 1 fully saturated rings. The molecule has 1 N–H and O–H groups in total.